The predicted molar refractivity (Wildman–Crippen MR) is 107 cm³/mol. The lowest BCUT2D eigenvalue weighted by Gasteiger charge is -2.38. The van der Waals surface area contributed by atoms with E-state index in [2.05, 4.69) is 67.8 Å². The molecule has 0 spiro atoms. The van der Waals surface area contributed by atoms with E-state index in [0.717, 1.165) is 19.6 Å². The quantitative estimate of drug-likeness (QED) is 0.825. The fraction of sp³-hybridized carbons (Fsp3) is 0.571. The highest BCUT2D eigenvalue weighted by molar-refractivity contribution is 5.46. The second-order valence-corrected chi connectivity index (χ2v) is 7.70. The van der Waals surface area contributed by atoms with Crippen LogP contribution in [-0.4, -0.2) is 71.7 Å². The van der Waals surface area contributed by atoms with Crippen LogP contribution < -0.4 is 4.90 Å². The van der Waals surface area contributed by atoms with Crippen LogP contribution in [0.1, 0.15) is 24.6 Å². The van der Waals surface area contributed by atoms with Gasteiger partial charge in [0.1, 0.15) is 5.82 Å². The van der Waals surface area contributed by atoms with E-state index in [1.807, 2.05) is 6.20 Å². The summed E-state index contributed by atoms with van der Waals surface area (Å²) in [6, 6.07) is 10.8. The number of piperazine rings is 1. The zero-order valence-electron chi connectivity index (χ0n) is 15.9. The van der Waals surface area contributed by atoms with Crippen LogP contribution in [0.3, 0.4) is 0 Å². The molecule has 2 aromatic rings. The molecule has 2 aliphatic heterocycles. The first-order valence-corrected chi connectivity index (χ1v) is 10.0. The molecule has 1 aromatic carbocycles. The second-order valence-electron chi connectivity index (χ2n) is 7.70. The molecule has 1 aromatic heterocycles. The van der Waals surface area contributed by atoms with Gasteiger partial charge in [0.05, 0.1) is 0 Å². The minimum absolute atomic E-state index is 0.596. The molecule has 1 atom stereocenters. The second kappa shape index (κ2) is 8.23. The number of imidazole rings is 1. The van der Waals surface area contributed by atoms with Crippen molar-refractivity contribution in [2.45, 2.75) is 18.8 Å². The molecule has 0 N–H and O–H groups in total. The molecule has 0 aliphatic carbocycles. The molecule has 4 rings (SSSR count). The van der Waals surface area contributed by atoms with Crippen LogP contribution in [0.25, 0.3) is 0 Å². The number of nitrogens with zero attached hydrogens (tertiary/aromatic N) is 5. The van der Waals surface area contributed by atoms with Gasteiger partial charge in [-0.15, -0.1) is 0 Å². The van der Waals surface area contributed by atoms with E-state index < -0.39 is 0 Å². The summed E-state index contributed by atoms with van der Waals surface area (Å²) in [4.78, 5) is 12.4. The van der Waals surface area contributed by atoms with Gasteiger partial charge in [0.15, 0.2) is 0 Å². The standard InChI is InChI=1S/C21H31N5/c1-23-11-9-22-21(23)19-6-5-10-25(18-19)13-12-24-14-16-26(17-15-24)20-7-3-2-4-8-20/h2-4,7-9,11,19H,5-6,10,12-18H2,1H3/t19-/m1/s1. The number of anilines is 1. The zero-order valence-corrected chi connectivity index (χ0v) is 15.9. The molecule has 3 heterocycles. The topological polar surface area (TPSA) is 27.5 Å². The van der Waals surface area contributed by atoms with Gasteiger partial charge in [0.25, 0.3) is 0 Å². The number of hydrogen-bond donors (Lipinski definition) is 0. The van der Waals surface area contributed by atoms with Crippen molar-refractivity contribution in [1.29, 1.82) is 0 Å². The molecule has 0 unspecified atom stereocenters. The zero-order chi connectivity index (χ0) is 17.8. The van der Waals surface area contributed by atoms with Gasteiger partial charge in [-0.2, -0.15) is 0 Å². The van der Waals surface area contributed by atoms with E-state index in [1.54, 1.807) is 0 Å². The highest BCUT2D eigenvalue weighted by atomic mass is 15.3. The lowest BCUT2D eigenvalue weighted by Crippen LogP contribution is -2.49. The summed E-state index contributed by atoms with van der Waals surface area (Å²) in [5.74, 6) is 1.85. The van der Waals surface area contributed by atoms with Crippen molar-refractivity contribution in [3.63, 3.8) is 0 Å². The van der Waals surface area contributed by atoms with Crippen LogP contribution in [0.5, 0.6) is 0 Å². The summed E-state index contributed by atoms with van der Waals surface area (Å²) in [6.45, 7) is 9.40. The number of likely N-dealkylation sites (tertiary alicyclic amines) is 1. The molecule has 140 valence electrons. The van der Waals surface area contributed by atoms with Gasteiger partial charge in [-0.05, 0) is 31.5 Å². The Morgan fingerprint density at radius 2 is 1.73 bits per heavy atom. The van der Waals surface area contributed by atoms with Gasteiger partial charge in [-0.1, -0.05) is 18.2 Å². The van der Waals surface area contributed by atoms with Crippen LogP contribution in [0.2, 0.25) is 0 Å². The Balaban J connectivity index is 1.23. The van der Waals surface area contributed by atoms with Gasteiger partial charge in [-0.25, -0.2) is 4.98 Å². The maximum Gasteiger partial charge on any atom is 0.112 e. The number of aromatic nitrogens is 2. The van der Waals surface area contributed by atoms with Gasteiger partial charge in [-0.3, -0.25) is 4.90 Å². The average molecular weight is 354 g/mol. The molecule has 5 heteroatoms. The lowest BCUT2D eigenvalue weighted by molar-refractivity contribution is 0.163. The predicted octanol–water partition coefficient (Wildman–Crippen LogP) is 2.42. The van der Waals surface area contributed by atoms with Gasteiger partial charge >= 0.3 is 0 Å². The number of piperidine rings is 1. The first-order valence-electron chi connectivity index (χ1n) is 10.0. The third-order valence-corrected chi connectivity index (χ3v) is 5.96. The van der Waals surface area contributed by atoms with Crippen molar-refractivity contribution in [3.05, 3.63) is 48.5 Å². The molecule has 26 heavy (non-hydrogen) atoms. The molecule has 5 nitrogen and oxygen atoms in total. The Kier molecular flexibility index (Phi) is 5.56. The van der Waals surface area contributed by atoms with Crippen LogP contribution >= 0.6 is 0 Å². The van der Waals surface area contributed by atoms with Crippen LogP contribution in [0.15, 0.2) is 42.7 Å². The summed E-state index contributed by atoms with van der Waals surface area (Å²) in [7, 11) is 2.12. The Morgan fingerprint density at radius 1 is 0.962 bits per heavy atom. The number of para-hydroxylation sites is 1. The number of benzene rings is 1. The molecule has 0 radical (unpaired) electrons. The third kappa shape index (κ3) is 4.10. The summed E-state index contributed by atoms with van der Waals surface area (Å²) < 4.78 is 2.19. The van der Waals surface area contributed by atoms with Crippen molar-refractivity contribution in [2.75, 3.05) is 57.3 Å². The minimum Gasteiger partial charge on any atom is -0.369 e. The van der Waals surface area contributed by atoms with Crippen molar-refractivity contribution >= 4 is 5.69 Å². The summed E-state index contributed by atoms with van der Waals surface area (Å²) in [5.41, 5.74) is 1.36. The Labute approximate surface area is 157 Å². The van der Waals surface area contributed by atoms with E-state index in [0.29, 0.717) is 5.92 Å². The monoisotopic (exact) mass is 353 g/mol. The summed E-state index contributed by atoms with van der Waals surface area (Å²) in [5, 5.41) is 0. The van der Waals surface area contributed by atoms with E-state index in [1.165, 1.54) is 57.1 Å². The van der Waals surface area contributed by atoms with Gasteiger partial charge in [0, 0.05) is 76.9 Å². The Morgan fingerprint density at radius 3 is 2.46 bits per heavy atom. The highest BCUT2D eigenvalue weighted by Crippen LogP contribution is 2.25. The fourth-order valence-corrected chi connectivity index (χ4v) is 4.39. The SMILES string of the molecule is Cn1ccnc1[C@@H]1CCCN(CCN2CCN(c3ccccc3)CC2)C1. The maximum atomic E-state index is 4.58. The van der Waals surface area contributed by atoms with E-state index >= 15 is 0 Å². The molecule has 0 saturated carbocycles. The largest absolute Gasteiger partial charge is 0.369 e. The van der Waals surface area contributed by atoms with E-state index in [4.69, 9.17) is 0 Å². The number of hydrogen-bond acceptors (Lipinski definition) is 4. The number of aryl methyl sites for hydroxylation is 1. The third-order valence-electron chi connectivity index (χ3n) is 5.96. The van der Waals surface area contributed by atoms with Gasteiger partial charge in [0.2, 0.25) is 0 Å². The van der Waals surface area contributed by atoms with Crippen LogP contribution in [0.4, 0.5) is 5.69 Å². The van der Waals surface area contributed by atoms with E-state index in [9.17, 15) is 0 Å². The molecular formula is C21H31N5. The Bertz CT molecular complexity index is 675. The molecule has 2 fully saturated rings. The first-order chi connectivity index (χ1) is 12.8. The normalized spacial score (nSPS) is 22.7. The molecule has 0 bridgehead atoms. The smallest absolute Gasteiger partial charge is 0.112 e. The van der Waals surface area contributed by atoms with Crippen molar-refractivity contribution in [2.24, 2.45) is 7.05 Å². The highest BCUT2D eigenvalue weighted by Gasteiger charge is 2.25. The fourth-order valence-electron chi connectivity index (χ4n) is 4.39. The van der Waals surface area contributed by atoms with E-state index in [-0.39, 0.29) is 0 Å². The van der Waals surface area contributed by atoms with Crippen molar-refractivity contribution < 1.29 is 0 Å². The Hall–Kier alpha value is -1.85. The maximum absolute atomic E-state index is 4.58. The minimum atomic E-state index is 0.596. The van der Waals surface area contributed by atoms with Crippen LogP contribution in [0, 0.1) is 0 Å². The molecule has 0 amide bonds. The average Bonchev–Trinajstić information content (AvgIpc) is 3.14. The summed E-state index contributed by atoms with van der Waals surface area (Å²) in [6.07, 6.45) is 6.57. The van der Waals surface area contributed by atoms with Gasteiger partial charge < -0.3 is 14.4 Å². The summed E-state index contributed by atoms with van der Waals surface area (Å²) >= 11 is 0. The molecular weight excluding hydrogens is 322 g/mol. The molecule has 2 aliphatic rings. The first kappa shape index (κ1) is 17.6. The van der Waals surface area contributed by atoms with Crippen LogP contribution in [-0.2, 0) is 7.05 Å². The lowest BCUT2D eigenvalue weighted by atomic mass is 9.97. The van der Waals surface area contributed by atoms with Crippen molar-refractivity contribution in [3.8, 4) is 0 Å². The van der Waals surface area contributed by atoms with Crippen molar-refractivity contribution in [1.82, 2.24) is 19.4 Å². The molecule has 2 saturated heterocycles. The number of rotatable bonds is 5.